The Balaban J connectivity index is 2.04. The minimum Gasteiger partial charge on any atom is -0.395 e. The molecule has 0 aromatic heterocycles. The Kier molecular flexibility index (Phi) is 5.90. The molecule has 1 aliphatic heterocycles. The second kappa shape index (κ2) is 7.96. The van der Waals surface area contributed by atoms with Crippen molar-refractivity contribution in [2.24, 2.45) is 0 Å². The van der Waals surface area contributed by atoms with Crippen LogP contribution in [0.15, 0.2) is 24.3 Å². The average Bonchev–Trinajstić information content (AvgIpc) is 2.70. The number of aliphatic hydroxyl groups is 1. The highest BCUT2D eigenvalue weighted by atomic mass is 16.5. The molecule has 1 fully saturated rings. The summed E-state index contributed by atoms with van der Waals surface area (Å²) in [6.45, 7) is 4.80. The van der Waals surface area contributed by atoms with Gasteiger partial charge in [-0.15, -0.1) is 0 Å². The molecule has 2 rings (SSSR count). The highest BCUT2D eigenvalue weighted by molar-refractivity contribution is 5.41. The Hall–Kier alpha value is -1.34. The van der Waals surface area contributed by atoms with Gasteiger partial charge in [-0.05, 0) is 18.1 Å². The zero-order valence-corrected chi connectivity index (χ0v) is 11.3. The van der Waals surface area contributed by atoms with Crippen LogP contribution in [0.5, 0.6) is 0 Å². The number of hydrogen-bond acceptors (Lipinski definition) is 3. The van der Waals surface area contributed by atoms with Crippen LogP contribution in [0.3, 0.4) is 0 Å². The third-order valence-corrected chi connectivity index (χ3v) is 3.19. The lowest BCUT2D eigenvalue weighted by Crippen LogP contribution is -2.26. The van der Waals surface area contributed by atoms with E-state index in [0.29, 0.717) is 6.42 Å². The number of rotatable bonds is 3. The first-order chi connectivity index (χ1) is 9.40. The van der Waals surface area contributed by atoms with Crippen LogP contribution in [-0.2, 0) is 11.3 Å². The fourth-order valence-corrected chi connectivity index (χ4v) is 2.19. The van der Waals surface area contributed by atoms with E-state index < -0.39 is 0 Å². The number of benzene rings is 1. The Morgan fingerprint density at radius 2 is 2.11 bits per heavy atom. The summed E-state index contributed by atoms with van der Waals surface area (Å²) in [5.74, 6) is 6.15. The fourth-order valence-electron chi connectivity index (χ4n) is 2.19. The van der Waals surface area contributed by atoms with Crippen LogP contribution in [-0.4, -0.2) is 42.9 Å². The zero-order valence-electron chi connectivity index (χ0n) is 11.3. The Bertz CT molecular complexity index is 440. The number of hydrogen-bond donors (Lipinski definition) is 1. The zero-order chi connectivity index (χ0) is 13.3. The molecule has 0 aliphatic carbocycles. The van der Waals surface area contributed by atoms with Crippen LogP contribution in [0.1, 0.15) is 24.0 Å². The molecule has 19 heavy (non-hydrogen) atoms. The van der Waals surface area contributed by atoms with Crippen molar-refractivity contribution in [3.63, 3.8) is 0 Å². The molecule has 0 spiro atoms. The van der Waals surface area contributed by atoms with Crippen LogP contribution in [0.25, 0.3) is 0 Å². The second-order valence-electron chi connectivity index (χ2n) is 4.67. The molecular weight excluding hydrogens is 238 g/mol. The molecule has 1 aromatic rings. The largest absolute Gasteiger partial charge is 0.395 e. The summed E-state index contributed by atoms with van der Waals surface area (Å²) in [6, 6.07) is 8.25. The third-order valence-electron chi connectivity index (χ3n) is 3.19. The molecule has 3 heteroatoms. The van der Waals surface area contributed by atoms with E-state index in [2.05, 4.69) is 28.9 Å². The van der Waals surface area contributed by atoms with Crippen molar-refractivity contribution in [2.75, 3.05) is 32.9 Å². The van der Waals surface area contributed by atoms with Gasteiger partial charge in [0.1, 0.15) is 0 Å². The number of aliphatic hydroxyl groups excluding tert-OH is 1. The van der Waals surface area contributed by atoms with Crippen molar-refractivity contribution in [2.45, 2.75) is 19.4 Å². The third kappa shape index (κ3) is 4.68. The van der Waals surface area contributed by atoms with Gasteiger partial charge < -0.3 is 9.84 Å². The van der Waals surface area contributed by atoms with Crippen molar-refractivity contribution in [3.8, 4) is 11.8 Å². The normalized spacial score (nSPS) is 16.5. The minimum atomic E-state index is 0.124. The van der Waals surface area contributed by atoms with Gasteiger partial charge in [-0.2, -0.15) is 0 Å². The average molecular weight is 259 g/mol. The second-order valence-corrected chi connectivity index (χ2v) is 4.67. The molecule has 0 atom stereocenters. The van der Waals surface area contributed by atoms with Gasteiger partial charge in [-0.3, -0.25) is 4.90 Å². The molecule has 1 saturated heterocycles. The molecule has 1 aromatic carbocycles. The van der Waals surface area contributed by atoms with E-state index in [-0.39, 0.29) is 6.61 Å². The maximum Gasteiger partial charge on any atom is 0.0593 e. The van der Waals surface area contributed by atoms with Gasteiger partial charge in [-0.25, -0.2) is 0 Å². The Labute approximate surface area is 115 Å². The Morgan fingerprint density at radius 1 is 1.21 bits per heavy atom. The number of nitrogens with zero attached hydrogens (tertiary/aromatic N) is 1. The first kappa shape index (κ1) is 14.1. The summed E-state index contributed by atoms with van der Waals surface area (Å²) in [6.07, 6.45) is 1.63. The summed E-state index contributed by atoms with van der Waals surface area (Å²) in [5.41, 5.74) is 2.33. The lowest BCUT2D eigenvalue weighted by atomic mass is 10.1. The molecule has 1 N–H and O–H groups in total. The predicted molar refractivity (Wildman–Crippen MR) is 75.7 cm³/mol. The fraction of sp³-hybridized carbons (Fsp3) is 0.500. The summed E-state index contributed by atoms with van der Waals surface area (Å²) in [5, 5.41) is 8.78. The summed E-state index contributed by atoms with van der Waals surface area (Å²) < 4.78 is 5.47. The maximum atomic E-state index is 8.78. The van der Waals surface area contributed by atoms with E-state index in [9.17, 15) is 0 Å². The molecule has 0 bridgehead atoms. The molecule has 1 heterocycles. The SMILES string of the molecule is OCCC#Cc1ccccc1CN1CCCOCC1. The van der Waals surface area contributed by atoms with E-state index in [1.54, 1.807) is 0 Å². The smallest absolute Gasteiger partial charge is 0.0593 e. The van der Waals surface area contributed by atoms with Crippen molar-refractivity contribution in [3.05, 3.63) is 35.4 Å². The molecule has 0 amide bonds. The molecule has 1 aliphatic rings. The highest BCUT2D eigenvalue weighted by Gasteiger charge is 2.10. The van der Waals surface area contributed by atoms with Crippen LogP contribution in [0.4, 0.5) is 0 Å². The maximum absolute atomic E-state index is 8.78. The van der Waals surface area contributed by atoms with Gasteiger partial charge in [0.05, 0.1) is 13.2 Å². The van der Waals surface area contributed by atoms with Crippen molar-refractivity contribution < 1.29 is 9.84 Å². The van der Waals surface area contributed by atoms with Crippen LogP contribution < -0.4 is 0 Å². The van der Waals surface area contributed by atoms with Crippen molar-refractivity contribution >= 4 is 0 Å². The quantitative estimate of drug-likeness (QED) is 0.838. The van der Waals surface area contributed by atoms with E-state index in [1.807, 2.05) is 12.1 Å². The van der Waals surface area contributed by atoms with Crippen molar-refractivity contribution in [1.82, 2.24) is 4.90 Å². The standard InChI is InChI=1S/C16H21NO2/c18-11-4-3-7-15-6-1-2-8-16(15)14-17-9-5-12-19-13-10-17/h1-2,6,8,18H,4-5,9-14H2. The van der Waals surface area contributed by atoms with Gasteiger partial charge in [0, 0.05) is 38.2 Å². The topological polar surface area (TPSA) is 32.7 Å². The van der Waals surface area contributed by atoms with Crippen LogP contribution in [0, 0.1) is 11.8 Å². The van der Waals surface area contributed by atoms with Crippen LogP contribution in [0.2, 0.25) is 0 Å². The van der Waals surface area contributed by atoms with Crippen molar-refractivity contribution in [1.29, 1.82) is 0 Å². The van der Waals surface area contributed by atoms with Gasteiger partial charge >= 0.3 is 0 Å². The van der Waals surface area contributed by atoms with Gasteiger partial charge in [0.15, 0.2) is 0 Å². The number of ether oxygens (including phenoxy) is 1. The van der Waals surface area contributed by atoms with Gasteiger partial charge in [0.25, 0.3) is 0 Å². The first-order valence-electron chi connectivity index (χ1n) is 6.88. The monoisotopic (exact) mass is 259 g/mol. The van der Waals surface area contributed by atoms with Gasteiger partial charge in [0.2, 0.25) is 0 Å². The van der Waals surface area contributed by atoms with E-state index in [1.165, 1.54) is 5.56 Å². The molecular formula is C16H21NO2. The molecule has 0 unspecified atom stereocenters. The van der Waals surface area contributed by atoms with Crippen LogP contribution >= 0.6 is 0 Å². The highest BCUT2D eigenvalue weighted by Crippen LogP contribution is 2.12. The van der Waals surface area contributed by atoms with E-state index in [4.69, 9.17) is 9.84 Å². The lowest BCUT2D eigenvalue weighted by Gasteiger charge is -2.19. The predicted octanol–water partition coefficient (Wildman–Crippen LogP) is 1.64. The molecule has 0 radical (unpaired) electrons. The summed E-state index contributed by atoms with van der Waals surface area (Å²) in [4.78, 5) is 2.42. The molecule has 3 nitrogen and oxygen atoms in total. The molecule has 0 saturated carbocycles. The molecule has 102 valence electrons. The van der Waals surface area contributed by atoms with Gasteiger partial charge in [-0.1, -0.05) is 30.0 Å². The summed E-state index contributed by atoms with van der Waals surface area (Å²) >= 11 is 0. The first-order valence-corrected chi connectivity index (χ1v) is 6.88. The minimum absolute atomic E-state index is 0.124. The lowest BCUT2D eigenvalue weighted by molar-refractivity contribution is 0.140. The Morgan fingerprint density at radius 3 is 3.00 bits per heavy atom. The van der Waals surface area contributed by atoms with E-state index >= 15 is 0 Å². The van der Waals surface area contributed by atoms with E-state index in [0.717, 1.165) is 44.8 Å². The summed E-state index contributed by atoms with van der Waals surface area (Å²) in [7, 11) is 0.